The van der Waals surface area contributed by atoms with Crippen molar-refractivity contribution in [3.63, 3.8) is 0 Å². The highest BCUT2D eigenvalue weighted by Crippen LogP contribution is 2.36. The van der Waals surface area contributed by atoms with Gasteiger partial charge in [-0.2, -0.15) is 0 Å². The van der Waals surface area contributed by atoms with Crippen molar-refractivity contribution in [3.05, 3.63) is 58.5 Å². The zero-order valence-electron chi connectivity index (χ0n) is 22.4. The molecule has 3 aromatic rings. The summed E-state index contributed by atoms with van der Waals surface area (Å²) in [6, 6.07) is 12.8. The smallest absolute Gasteiger partial charge is 0.416 e. The molecule has 1 amide bonds. The maximum atomic E-state index is 12.8. The van der Waals surface area contributed by atoms with Crippen LogP contribution in [-0.2, 0) is 22.5 Å². The summed E-state index contributed by atoms with van der Waals surface area (Å²) in [7, 11) is 1.87. The van der Waals surface area contributed by atoms with Gasteiger partial charge in [-0.1, -0.05) is 0 Å². The second kappa shape index (κ2) is 11.3. The van der Waals surface area contributed by atoms with Crippen molar-refractivity contribution in [2.75, 3.05) is 38.3 Å². The lowest BCUT2D eigenvalue weighted by Crippen LogP contribution is -2.46. The van der Waals surface area contributed by atoms with Crippen molar-refractivity contribution in [2.24, 2.45) is 0 Å². The van der Waals surface area contributed by atoms with E-state index in [-0.39, 0.29) is 42.6 Å². The Bertz CT molecular complexity index is 1490. The minimum absolute atomic E-state index is 0.0327. The van der Waals surface area contributed by atoms with Gasteiger partial charge in [0.25, 0.3) is 5.56 Å². The number of hydrogen-bond acceptors (Lipinski definition) is 9. The molecular weight excluding hydrogens is 514 g/mol. The number of anilines is 1. The molecule has 11 nitrogen and oxygen atoms in total. The van der Waals surface area contributed by atoms with Crippen LogP contribution in [-0.4, -0.2) is 73.0 Å². The Morgan fingerprint density at radius 3 is 2.83 bits per heavy atom. The Morgan fingerprint density at radius 1 is 1.07 bits per heavy atom. The lowest BCUT2D eigenvalue weighted by atomic mass is 9.88. The number of aromatic nitrogens is 2. The van der Waals surface area contributed by atoms with Crippen molar-refractivity contribution >= 4 is 28.6 Å². The first kappa shape index (κ1) is 26.3. The number of nitrogens with zero attached hydrogens (tertiary/aromatic N) is 3. The highest BCUT2D eigenvalue weighted by molar-refractivity contribution is 5.90. The summed E-state index contributed by atoms with van der Waals surface area (Å²) in [4.78, 5) is 43.6. The molecule has 2 aromatic heterocycles. The largest absolute Gasteiger partial charge is 0.492 e. The van der Waals surface area contributed by atoms with Crippen LogP contribution in [0.3, 0.4) is 0 Å². The number of benzene rings is 1. The molecule has 4 heterocycles. The van der Waals surface area contributed by atoms with Crippen molar-refractivity contribution in [1.82, 2.24) is 20.2 Å². The SMILES string of the molecule is CNCCOc1ccc2ccc(=O)n(CCN[C@@H]3CC[C@@H]4[C@@H](C3)OC(=O)N4c3ccc4c(n3)CC(=O)CO4)c2c1. The quantitative estimate of drug-likeness (QED) is 0.387. The molecule has 3 aliphatic rings. The monoisotopic (exact) mass is 547 g/mol. The Kier molecular flexibility index (Phi) is 7.40. The molecule has 1 saturated carbocycles. The van der Waals surface area contributed by atoms with E-state index in [2.05, 4.69) is 15.6 Å². The number of nitrogens with one attached hydrogen (secondary N) is 2. The fraction of sp³-hybridized carbons (Fsp3) is 0.448. The molecule has 1 aromatic carbocycles. The highest BCUT2D eigenvalue weighted by Gasteiger charge is 2.46. The zero-order chi connectivity index (χ0) is 27.6. The van der Waals surface area contributed by atoms with Crippen molar-refractivity contribution in [3.8, 4) is 11.5 Å². The average Bonchev–Trinajstić information content (AvgIpc) is 3.28. The third kappa shape index (κ3) is 5.26. The Balaban J connectivity index is 1.09. The Morgan fingerprint density at radius 2 is 1.95 bits per heavy atom. The van der Waals surface area contributed by atoms with Crippen molar-refractivity contribution in [1.29, 1.82) is 0 Å². The van der Waals surface area contributed by atoms with Gasteiger partial charge in [0.05, 0.1) is 23.7 Å². The van der Waals surface area contributed by atoms with E-state index in [0.717, 1.165) is 36.0 Å². The normalized spacial score (nSPS) is 22.0. The van der Waals surface area contributed by atoms with E-state index < -0.39 is 6.09 Å². The number of carbonyl (C=O) groups excluding carboxylic acids is 2. The lowest BCUT2D eigenvalue weighted by Gasteiger charge is -2.33. The van der Waals surface area contributed by atoms with Gasteiger partial charge in [-0.25, -0.2) is 9.78 Å². The number of amides is 1. The molecule has 0 unspecified atom stereocenters. The zero-order valence-corrected chi connectivity index (χ0v) is 22.4. The van der Waals surface area contributed by atoms with E-state index in [1.54, 1.807) is 27.7 Å². The van der Waals surface area contributed by atoms with Crippen LogP contribution in [0.25, 0.3) is 10.9 Å². The fourth-order valence-electron chi connectivity index (χ4n) is 5.81. The van der Waals surface area contributed by atoms with E-state index in [4.69, 9.17) is 14.2 Å². The van der Waals surface area contributed by atoms with Crippen LogP contribution in [0.2, 0.25) is 0 Å². The van der Waals surface area contributed by atoms with E-state index in [0.29, 0.717) is 43.4 Å². The second-order valence-corrected chi connectivity index (χ2v) is 10.4. The standard InChI is InChI=1S/C29H33N5O6/c1-30-11-13-38-21-5-2-18-3-9-28(36)33(24(18)16-21)12-10-31-19-4-6-23-26(14-19)40-29(37)34(23)27-8-7-25-22(32-27)15-20(35)17-39-25/h2-3,5,7-9,16,19,23,26,30-31H,4,6,10-15,17H2,1H3/t19-,23-,26-/m1/s1. The van der Waals surface area contributed by atoms with E-state index in [9.17, 15) is 14.4 Å². The molecule has 40 heavy (non-hydrogen) atoms. The highest BCUT2D eigenvalue weighted by atomic mass is 16.6. The van der Waals surface area contributed by atoms with E-state index >= 15 is 0 Å². The Hall–Kier alpha value is -3.96. The molecular formula is C29H33N5O6. The average molecular weight is 548 g/mol. The number of fused-ring (bicyclic) bond motifs is 3. The molecule has 11 heteroatoms. The lowest BCUT2D eigenvalue weighted by molar-refractivity contribution is -0.121. The van der Waals surface area contributed by atoms with Crippen LogP contribution in [0.4, 0.5) is 10.6 Å². The van der Waals surface area contributed by atoms with Crippen LogP contribution < -0.4 is 30.6 Å². The molecule has 3 atom stereocenters. The van der Waals surface area contributed by atoms with Crippen LogP contribution >= 0.6 is 0 Å². The van der Waals surface area contributed by atoms with Gasteiger partial charge in [0, 0.05) is 44.2 Å². The van der Waals surface area contributed by atoms with Gasteiger partial charge in [-0.05, 0) is 55.6 Å². The van der Waals surface area contributed by atoms with E-state index in [1.807, 2.05) is 31.3 Å². The third-order valence-corrected chi connectivity index (χ3v) is 7.81. The summed E-state index contributed by atoms with van der Waals surface area (Å²) >= 11 is 0. The van der Waals surface area contributed by atoms with Gasteiger partial charge >= 0.3 is 6.09 Å². The number of ketones is 1. The molecule has 1 aliphatic carbocycles. The number of carbonyl (C=O) groups is 2. The van der Waals surface area contributed by atoms with Crippen molar-refractivity contribution < 1.29 is 23.8 Å². The number of Topliss-reactive ketones (excluding diaryl/α,β-unsaturated/α-hetero) is 1. The number of ether oxygens (including phenoxy) is 3. The van der Waals surface area contributed by atoms with Crippen LogP contribution in [0.5, 0.6) is 11.5 Å². The van der Waals surface area contributed by atoms with Gasteiger partial charge in [-0.3, -0.25) is 14.5 Å². The van der Waals surface area contributed by atoms with Crippen LogP contribution in [0, 0.1) is 0 Å². The molecule has 0 bridgehead atoms. The van der Waals surface area contributed by atoms with Gasteiger partial charge in [0.1, 0.15) is 36.6 Å². The predicted molar refractivity (Wildman–Crippen MR) is 148 cm³/mol. The predicted octanol–water partition coefficient (Wildman–Crippen LogP) is 2.03. The molecule has 210 valence electrons. The molecule has 1 saturated heterocycles. The first-order chi connectivity index (χ1) is 19.5. The topological polar surface area (TPSA) is 124 Å². The summed E-state index contributed by atoms with van der Waals surface area (Å²) in [5, 5.41) is 7.60. The van der Waals surface area contributed by atoms with Gasteiger partial charge in [0.15, 0.2) is 5.78 Å². The maximum absolute atomic E-state index is 12.8. The van der Waals surface area contributed by atoms with Gasteiger partial charge in [-0.15, -0.1) is 0 Å². The summed E-state index contributed by atoms with van der Waals surface area (Å²) in [5.74, 6) is 1.78. The third-order valence-electron chi connectivity index (χ3n) is 7.81. The number of rotatable bonds is 9. The minimum atomic E-state index is -0.416. The number of pyridine rings is 2. The number of hydrogen-bond donors (Lipinski definition) is 2. The van der Waals surface area contributed by atoms with Crippen LogP contribution in [0.1, 0.15) is 25.0 Å². The summed E-state index contributed by atoms with van der Waals surface area (Å²) in [6.45, 7) is 2.44. The van der Waals surface area contributed by atoms with Gasteiger partial charge in [0.2, 0.25) is 0 Å². The minimum Gasteiger partial charge on any atom is -0.492 e. The fourth-order valence-corrected chi connectivity index (χ4v) is 5.81. The maximum Gasteiger partial charge on any atom is 0.416 e. The van der Waals surface area contributed by atoms with Gasteiger partial charge < -0.3 is 29.4 Å². The Labute approximate surface area is 231 Å². The molecule has 2 N–H and O–H groups in total. The summed E-state index contributed by atoms with van der Waals surface area (Å²) < 4.78 is 18.8. The van der Waals surface area contributed by atoms with Crippen molar-refractivity contribution in [2.45, 2.75) is 50.4 Å². The van der Waals surface area contributed by atoms with E-state index in [1.165, 1.54) is 0 Å². The summed E-state index contributed by atoms with van der Waals surface area (Å²) in [6.07, 6.45) is 1.82. The first-order valence-electron chi connectivity index (χ1n) is 13.8. The first-order valence-corrected chi connectivity index (χ1v) is 13.8. The molecule has 2 aliphatic heterocycles. The second-order valence-electron chi connectivity index (χ2n) is 10.4. The molecule has 6 rings (SSSR count). The molecule has 2 fully saturated rings. The molecule has 0 spiro atoms. The molecule has 0 radical (unpaired) electrons. The van der Waals surface area contributed by atoms with Crippen LogP contribution in [0.15, 0.2) is 47.3 Å². The number of likely N-dealkylation sites (N-methyl/N-ethyl adjacent to an activating group) is 1. The summed E-state index contributed by atoms with van der Waals surface area (Å²) in [5.41, 5.74) is 1.33.